The third-order valence-electron chi connectivity index (χ3n) is 4.26. The van der Waals surface area contributed by atoms with Gasteiger partial charge >= 0.3 is 0 Å². The summed E-state index contributed by atoms with van der Waals surface area (Å²) >= 11 is 0. The molecule has 2 heterocycles. The fourth-order valence-corrected chi connectivity index (χ4v) is 3.19. The fourth-order valence-electron chi connectivity index (χ4n) is 3.19. The first kappa shape index (κ1) is 13.1. The zero-order valence-electron chi connectivity index (χ0n) is 11.8. The first-order valence-electron chi connectivity index (χ1n) is 7.39. The van der Waals surface area contributed by atoms with E-state index in [4.69, 9.17) is 4.74 Å². The van der Waals surface area contributed by atoms with E-state index in [9.17, 15) is 0 Å². The van der Waals surface area contributed by atoms with Gasteiger partial charge in [-0.15, -0.1) is 0 Å². The van der Waals surface area contributed by atoms with E-state index in [1.54, 1.807) is 0 Å². The number of hydrogen-bond donors (Lipinski definition) is 1. The number of fused-ring (bicyclic) bond motifs is 1. The average Bonchev–Trinajstić information content (AvgIpc) is 2.87. The number of nitrogens with zero attached hydrogens (tertiary/aromatic N) is 1. The van der Waals surface area contributed by atoms with Crippen molar-refractivity contribution in [2.45, 2.75) is 32.5 Å². The molecule has 2 aliphatic rings. The second-order valence-electron chi connectivity index (χ2n) is 5.96. The van der Waals surface area contributed by atoms with Crippen LogP contribution in [0.2, 0.25) is 0 Å². The van der Waals surface area contributed by atoms with Gasteiger partial charge in [-0.1, -0.05) is 18.2 Å². The maximum atomic E-state index is 5.42. The Labute approximate surface area is 115 Å². The first-order chi connectivity index (χ1) is 9.31. The van der Waals surface area contributed by atoms with Crippen molar-refractivity contribution in [3.8, 4) is 0 Å². The van der Waals surface area contributed by atoms with Crippen molar-refractivity contribution in [2.24, 2.45) is 5.92 Å². The maximum Gasteiger partial charge on any atom is 0.0469 e. The van der Waals surface area contributed by atoms with Crippen molar-refractivity contribution in [1.82, 2.24) is 10.2 Å². The first-order valence-corrected chi connectivity index (χ1v) is 7.39. The highest BCUT2D eigenvalue weighted by molar-refractivity contribution is 5.34. The highest BCUT2D eigenvalue weighted by Crippen LogP contribution is 2.19. The van der Waals surface area contributed by atoms with Crippen LogP contribution in [0.4, 0.5) is 0 Å². The van der Waals surface area contributed by atoms with E-state index in [-0.39, 0.29) is 0 Å². The van der Waals surface area contributed by atoms with Gasteiger partial charge in [0.1, 0.15) is 0 Å². The summed E-state index contributed by atoms with van der Waals surface area (Å²) in [6.45, 7) is 6.22. The van der Waals surface area contributed by atoms with Crippen molar-refractivity contribution in [3.05, 3.63) is 34.9 Å². The van der Waals surface area contributed by atoms with Gasteiger partial charge in [0, 0.05) is 39.4 Å². The molecule has 1 N–H and O–H groups in total. The summed E-state index contributed by atoms with van der Waals surface area (Å²) < 4.78 is 5.42. The lowest BCUT2D eigenvalue weighted by Gasteiger charge is -2.27. The molecule has 1 aromatic carbocycles. The van der Waals surface area contributed by atoms with E-state index in [1.807, 2.05) is 0 Å². The minimum Gasteiger partial charge on any atom is -0.381 e. The van der Waals surface area contributed by atoms with Crippen LogP contribution in [0.15, 0.2) is 18.2 Å². The molecule has 0 amide bonds. The van der Waals surface area contributed by atoms with Crippen LogP contribution in [0, 0.1) is 5.92 Å². The molecule has 0 spiro atoms. The van der Waals surface area contributed by atoms with Crippen LogP contribution in [-0.2, 0) is 24.4 Å². The summed E-state index contributed by atoms with van der Waals surface area (Å²) in [5.74, 6) is 0.815. The molecule has 3 nitrogen and oxygen atoms in total. The Hall–Kier alpha value is -0.900. The predicted molar refractivity (Wildman–Crippen MR) is 76.9 cm³/mol. The van der Waals surface area contributed by atoms with E-state index < -0.39 is 0 Å². The lowest BCUT2D eigenvalue weighted by molar-refractivity contribution is 0.0549. The summed E-state index contributed by atoms with van der Waals surface area (Å²) in [5.41, 5.74) is 4.39. The molecule has 104 valence electrons. The Kier molecular flexibility index (Phi) is 4.16. The number of hydrogen-bond acceptors (Lipinski definition) is 3. The number of ether oxygens (including phenoxy) is 1. The Morgan fingerprint density at radius 2 is 2.00 bits per heavy atom. The third-order valence-corrected chi connectivity index (χ3v) is 4.26. The topological polar surface area (TPSA) is 24.5 Å². The molecule has 0 aromatic heterocycles. The normalized spacial score (nSPS) is 19.9. The van der Waals surface area contributed by atoms with Crippen molar-refractivity contribution in [1.29, 1.82) is 0 Å². The average molecular weight is 260 g/mol. The molecule has 3 rings (SSSR count). The van der Waals surface area contributed by atoms with E-state index in [0.29, 0.717) is 0 Å². The highest BCUT2D eigenvalue weighted by Gasteiger charge is 2.16. The van der Waals surface area contributed by atoms with Crippen molar-refractivity contribution in [2.75, 3.05) is 26.8 Å². The molecule has 19 heavy (non-hydrogen) atoms. The van der Waals surface area contributed by atoms with Crippen molar-refractivity contribution >= 4 is 0 Å². The predicted octanol–water partition coefficient (Wildman–Crippen LogP) is 2.15. The summed E-state index contributed by atoms with van der Waals surface area (Å²) in [4.78, 5) is 2.46. The summed E-state index contributed by atoms with van der Waals surface area (Å²) in [6.07, 6.45) is 2.44. The zero-order valence-corrected chi connectivity index (χ0v) is 11.8. The van der Waals surface area contributed by atoms with Crippen LogP contribution in [0.5, 0.6) is 0 Å². The Bertz CT molecular complexity index is 427. The molecule has 0 bridgehead atoms. The lowest BCUT2D eigenvalue weighted by atomic mass is 9.99. The van der Waals surface area contributed by atoms with Gasteiger partial charge in [0.25, 0.3) is 0 Å². The Morgan fingerprint density at radius 1 is 1.21 bits per heavy atom. The molecule has 1 saturated heterocycles. The van der Waals surface area contributed by atoms with Gasteiger partial charge in [-0.3, -0.25) is 0 Å². The van der Waals surface area contributed by atoms with Crippen LogP contribution >= 0.6 is 0 Å². The van der Waals surface area contributed by atoms with Gasteiger partial charge < -0.3 is 15.0 Å². The van der Waals surface area contributed by atoms with Gasteiger partial charge in [0.05, 0.1) is 0 Å². The Morgan fingerprint density at radius 3 is 2.84 bits per heavy atom. The minimum absolute atomic E-state index is 0.815. The molecule has 0 unspecified atom stereocenters. The van der Waals surface area contributed by atoms with Crippen molar-refractivity contribution < 1.29 is 4.74 Å². The quantitative estimate of drug-likeness (QED) is 0.898. The van der Waals surface area contributed by atoms with Crippen LogP contribution in [0.3, 0.4) is 0 Å². The van der Waals surface area contributed by atoms with Gasteiger partial charge in [-0.05, 0) is 42.5 Å². The zero-order chi connectivity index (χ0) is 13.1. The molecule has 3 heteroatoms. The second kappa shape index (κ2) is 6.04. The number of nitrogens with one attached hydrogen (secondary N) is 1. The molecule has 2 aliphatic heterocycles. The summed E-state index contributed by atoms with van der Waals surface area (Å²) in [6, 6.07) is 6.94. The molecule has 0 atom stereocenters. The largest absolute Gasteiger partial charge is 0.381 e. The van der Waals surface area contributed by atoms with Gasteiger partial charge in [-0.2, -0.15) is 0 Å². The maximum absolute atomic E-state index is 5.42. The smallest absolute Gasteiger partial charge is 0.0469 e. The highest BCUT2D eigenvalue weighted by atomic mass is 16.5. The van der Waals surface area contributed by atoms with Crippen molar-refractivity contribution in [3.63, 3.8) is 0 Å². The van der Waals surface area contributed by atoms with Crippen LogP contribution in [0.1, 0.15) is 29.5 Å². The number of rotatable bonds is 4. The summed E-state index contributed by atoms with van der Waals surface area (Å²) in [5, 5.41) is 3.41. The van der Waals surface area contributed by atoms with Gasteiger partial charge in [0.15, 0.2) is 0 Å². The molecule has 1 aromatic rings. The standard InChI is InChI=1S/C16H24N2O/c1-18(11-13-4-6-19-7-5-13)12-14-2-3-15-9-17-10-16(15)8-14/h2-3,8,13,17H,4-7,9-12H2,1H3. The lowest BCUT2D eigenvalue weighted by Crippen LogP contribution is -2.29. The molecular formula is C16H24N2O. The van der Waals surface area contributed by atoms with Crippen LogP contribution < -0.4 is 5.32 Å². The van der Waals surface area contributed by atoms with E-state index in [1.165, 1.54) is 36.1 Å². The second-order valence-corrected chi connectivity index (χ2v) is 5.96. The van der Waals surface area contributed by atoms with Gasteiger partial charge in [0.2, 0.25) is 0 Å². The SMILES string of the molecule is CN(Cc1ccc2c(c1)CNC2)CC1CCOCC1. The van der Waals surface area contributed by atoms with E-state index >= 15 is 0 Å². The third kappa shape index (κ3) is 3.35. The Balaban J connectivity index is 1.55. The monoisotopic (exact) mass is 260 g/mol. The van der Waals surface area contributed by atoms with Crippen LogP contribution in [0.25, 0.3) is 0 Å². The van der Waals surface area contributed by atoms with Gasteiger partial charge in [-0.25, -0.2) is 0 Å². The van der Waals surface area contributed by atoms with E-state index in [0.717, 1.165) is 38.8 Å². The van der Waals surface area contributed by atoms with Crippen LogP contribution in [-0.4, -0.2) is 31.7 Å². The molecule has 0 radical (unpaired) electrons. The minimum atomic E-state index is 0.815. The number of benzene rings is 1. The fraction of sp³-hybridized carbons (Fsp3) is 0.625. The molecule has 1 fully saturated rings. The summed E-state index contributed by atoms with van der Waals surface area (Å²) in [7, 11) is 2.24. The molecular weight excluding hydrogens is 236 g/mol. The van der Waals surface area contributed by atoms with E-state index in [2.05, 4.69) is 35.5 Å². The molecule has 0 saturated carbocycles. The molecule has 0 aliphatic carbocycles.